The third-order valence-corrected chi connectivity index (χ3v) is 6.07. The number of fused-ring (bicyclic) bond motifs is 1. The zero-order valence-corrected chi connectivity index (χ0v) is 16.2. The molecule has 0 N–H and O–H groups in total. The second kappa shape index (κ2) is 7.83. The van der Waals surface area contributed by atoms with Crippen LogP contribution in [0, 0.1) is 0 Å². The van der Waals surface area contributed by atoms with Crippen LogP contribution in [-0.2, 0) is 0 Å². The Morgan fingerprint density at radius 3 is 2.50 bits per heavy atom. The molecule has 1 aromatic heterocycles. The van der Waals surface area contributed by atoms with E-state index in [0.29, 0.717) is 12.8 Å². The lowest BCUT2D eigenvalue weighted by Crippen LogP contribution is -2.46. The lowest BCUT2D eigenvalue weighted by atomic mass is 10.0. The SMILES string of the molecule is c1cnc(N2CCCN(C3CCN(c4ccc5c(c4)OCO5)CC3)CC2)nc1. The van der Waals surface area contributed by atoms with Gasteiger partial charge in [-0.1, -0.05) is 0 Å². The Bertz CT molecular complexity index is 795. The summed E-state index contributed by atoms with van der Waals surface area (Å²) in [6.07, 6.45) is 7.24. The van der Waals surface area contributed by atoms with E-state index in [1.54, 1.807) is 0 Å². The van der Waals surface area contributed by atoms with Crippen LogP contribution in [0.5, 0.6) is 11.5 Å². The van der Waals surface area contributed by atoms with Crippen LogP contribution in [0.4, 0.5) is 11.6 Å². The molecule has 5 rings (SSSR count). The Hall–Kier alpha value is -2.54. The normalized spacial score (nSPS) is 21.0. The van der Waals surface area contributed by atoms with Crippen molar-refractivity contribution in [3.8, 4) is 11.5 Å². The first-order valence-corrected chi connectivity index (χ1v) is 10.3. The van der Waals surface area contributed by atoms with Crippen molar-refractivity contribution in [3.05, 3.63) is 36.7 Å². The molecule has 3 aliphatic heterocycles. The number of benzene rings is 1. The standard InChI is InChI=1S/C21H27N5O2/c1-7-22-21(23-8-1)26-10-2-9-24(13-14-26)17-5-11-25(12-6-17)18-3-4-19-20(15-18)28-16-27-19/h1,3-4,7-8,15,17H,2,5-6,9-14,16H2. The summed E-state index contributed by atoms with van der Waals surface area (Å²) in [6.45, 7) is 6.81. The van der Waals surface area contributed by atoms with Crippen LogP contribution in [0.3, 0.4) is 0 Å². The number of hydrogen-bond donors (Lipinski definition) is 0. The summed E-state index contributed by atoms with van der Waals surface area (Å²) >= 11 is 0. The van der Waals surface area contributed by atoms with E-state index in [0.717, 1.165) is 56.7 Å². The smallest absolute Gasteiger partial charge is 0.231 e. The van der Waals surface area contributed by atoms with Crippen LogP contribution in [0.25, 0.3) is 0 Å². The molecule has 0 atom stereocenters. The fraction of sp³-hybridized carbons (Fsp3) is 0.524. The number of piperidine rings is 1. The highest BCUT2D eigenvalue weighted by atomic mass is 16.7. The van der Waals surface area contributed by atoms with Gasteiger partial charge < -0.3 is 19.3 Å². The zero-order chi connectivity index (χ0) is 18.8. The maximum atomic E-state index is 5.53. The third kappa shape index (κ3) is 3.58. The minimum Gasteiger partial charge on any atom is -0.454 e. The van der Waals surface area contributed by atoms with Gasteiger partial charge in [0, 0.05) is 69.5 Å². The molecule has 2 fully saturated rings. The Morgan fingerprint density at radius 1 is 0.821 bits per heavy atom. The summed E-state index contributed by atoms with van der Waals surface area (Å²) in [6, 6.07) is 8.84. The molecule has 2 saturated heterocycles. The van der Waals surface area contributed by atoms with Crippen LogP contribution >= 0.6 is 0 Å². The predicted octanol–water partition coefficient (Wildman–Crippen LogP) is 2.39. The van der Waals surface area contributed by atoms with Crippen molar-refractivity contribution < 1.29 is 9.47 Å². The molecule has 4 heterocycles. The van der Waals surface area contributed by atoms with Crippen LogP contribution in [0.2, 0.25) is 0 Å². The molecule has 148 valence electrons. The van der Waals surface area contributed by atoms with Gasteiger partial charge in [0.15, 0.2) is 11.5 Å². The van der Waals surface area contributed by atoms with Crippen molar-refractivity contribution in [1.82, 2.24) is 14.9 Å². The predicted molar refractivity (Wildman–Crippen MR) is 108 cm³/mol. The number of anilines is 2. The molecule has 0 bridgehead atoms. The summed E-state index contributed by atoms with van der Waals surface area (Å²) in [5, 5.41) is 0. The summed E-state index contributed by atoms with van der Waals surface area (Å²) < 4.78 is 11.0. The number of rotatable bonds is 3. The Morgan fingerprint density at radius 2 is 1.64 bits per heavy atom. The summed E-state index contributed by atoms with van der Waals surface area (Å²) in [7, 11) is 0. The molecule has 3 aliphatic rings. The van der Waals surface area contributed by atoms with Gasteiger partial charge in [-0.3, -0.25) is 4.90 Å². The molecule has 1 aromatic carbocycles. The highest BCUT2D eigenvalue weighted by Crippen LogP contribution is 2.36. The second-order valence-electron chi connectivity index (χ2n) is 7.68. The second-order valence-corrected chi connectivity index (χ2v) is 7.68. The van der Waals surface area contributed by atoms with E-state index in [4.69, 9.17) is 9.47 Å². The molecular weight excluding hydrogens is 354 g/mol. The lowest BCUT2D eigenvalue weighted by Gasteiger charge is -2.39. The molecule has 7 heteroatoms. The number of ether oxygens (including phenoxy) is 2. The fourth-order valence-corrected chi connectivity index (χ4v) is 4.53. The van der Waals surface area contributed by atoms with Gasteiger partial charge in [0.2, 0.25) is 12.7 Å². The van der Waals surface area contributed by atoms with Gasteiger partial charge in [-0.05, 0) is 37.5 Å². The van der Waals surface area contributed by atoms with Crippen LogP contribution in [-0.4, -0.2) is 67.0 Å². The lowest BCUT2D eigenvalue weighted by molar-refractivity contribution is 0.174. The topological polar surface area (TPSA) is 54.0 Å². The van der Waals surface area contributed by atoms with E-state index < -0.39 is 0 Å². The van der Waals surface area contributed by atoms with E-state index >= 15 is 0 Å². The quantitative estimate of drug-likeness (QED) is 0.809. The first kappa shape index (κ1) is 17.6. The van der Waals surface area contributed by atoms with E-state index in [2.05, 4.69) is 36.8 Å². The Labute approximate surface area is 165 Å². The van der Waals surface area contributed by atoms with Crippen molar-refractivity contribution in [2.24, 2.45) is 0 Å². The molecular formula is C21H27N5O2. The fourth-order valence-electron chi connectivity index (χ4n) is 4.53. The highest BCUT2D eigenvalue weighted by Gasteiger charge is 2.27. The van der Waals surface area contributed by atoms with Gasteiger partial charge in [-0.15, -0.1) is 0 Å². The highest BCUT2D eigenvalue weighted by molar-refractivity contribution is 5.57. The molecule has 28 heavy (non-hydrogen) atoms. The molecule has 2 aromatic rings. The maximum Gasteiger partial charge on any atom is 0.231 e. The molecule has 0 amide bonds. The summed E-state index contributed by atoms with van der Waals surface area (Å²) in [4.78, 5) is 16.3. The molecule has 0 radical (unpaired) electrons. The maximum absolute atomic E-state index is 5.53. The van der Waals surface area contributed by atoms with E-state index in [-0.39, 0.29) is 0 Å². The summed E-state index contributed by atoms with van der Waals surface area (Å²) in [5.74, 6) is 2.59. The van der Waals surface area contributed by atoms with E-state index in [1.165, 1.54) is 24.9 Å². The first-order chi connectivity index (χ1) is 13.9. The van der Waals surface area contributed by atoms with Gasteiger partial charge in [0.25, 0.3) is 0 Å². The third-order valence-electron chi connectivity index (χ3n) is 6.07. The van der Waals surface area contributed by atoms with Crippen LogP contribution in [0.15, 0.2) is 36.7 Å². The number of nitrogens with zero attached hydrogens (tertiary/aromatic N) is 5. The minimum absolute atomic E-state index is 0.334. The zero-order valence-electron chi connectivity index (χ0n) is 16.2. The minimum atomic E-state index is 0.334. The molecule has 7 nitrogen and oxygen atoms in total. The van der Waals surface area contributed by atoms with Crippen molar-refractivity contribution in [2.75, 3.05) is 55.9 Å². The van der Waals surface area contributed by atoms with E-state index in [9.17, 15) is 0 Å². The average Bonchev–Trinajstić information content (AvgIpc) is 3.09. The van der Waals surface area contributed by atoms with E-state index in [1.807, 2.05) is 24.5 Å². The van der Waals surface area contributed by atoms with Crippen molar-refractivity contribution in [3.63, 3.8) is 0 Å². The van der Waals surface area contributed by atoms with Gasteiger partial charge in [-0.25, -0.2) is 9.97 Å². The molecule has 0 saturated carbocycles. The molecule has 0 unspecified atom stereocenters. The van der Waals surface area contributed by atoms with Crippen molar-refractivity contribution >= 4 is 11.6 Å². The summed E-state index contributed by atoms with van der Waals surface area (Å²) in [5.41, 5.74) is 1.24. The van der Waals surface area contributed by atoms with Crippen LogP contribution in [0.1, 0.15) is 19.3 Å². The van der Waals surface area contributed by atoms with Crippen molar-refractivity contribution in [2.45, 2.75) is 25.3 Å². The van der Waals surface area contributed by atoms with Crippen molar-refractivity contribution in [1.29, 1.82) is 0 Å². The number of hydrogen-bond acceptors (Lipinski definition) is 7. The van der Waals surface area contributed by atoms with Gasteiger partial charge in [0.05, 0.1) is 0 Å². The average molecular weight is 381 g/mol. The molecule has 0 spiro atoms. The Kier molecular flexibility index (Phi) is 4.91. The number of aromatic nitrogens is 2. The van der Waals surface area contributed by atoms with Gasteiger partial charge >= 0.3 is 0 Å². The molecule has 0 aliphatic carbocycles. The monoisotopic (exact) mass is 381 g/mol. The Balaban J connectivity index is 1.17. The first-order valence-electron chi connectivity index (χ1n) is 10.3. The van der Waals surface area contributed by atoms with Gasteiger partial charge in [-0.2, -0.15) is 0 Å². The van der Waals surface area contributed by atoms with Gasteiger partial charge in [0.1, 0.15) is 0 Å². The van der Waals surface area contributed by atoms with Crippen LogP contribution < -0.4 is 19.3 Å². The largest absolute Gasteiger partial charge is 0.454 e.